The zero-order valence-corrected chi connectivity index (χ0v) is 15.4. The molecule has 0 aromatic heterocycles. The highest BCUT2D eigenvalue weighted by Gasteiger charge is 2.60. The summed E-state index contributed by atoms with van der Waals surface area (Å²) in [5.41, 5.74) is -0.898. The van der Waals surface area contributed by atoms with Crippen molar-refractivity contribution in [2.45, 2.75) is 114 Å². The molecule has 5 heteroatoms. The Labute approximate surface area is 151 Å². The Morgan fingerprint density at radius 2 is 1.44 bits per heavy atom. The molecule has 0 bridgehead atoms. The summed E-state index contributed by atoms with van der Waals surface area (Å²) in [7, 11) is 0. The number of hydrogen-bond acceptors (Lipinski definition) is 3. The van der Waals surface area contributed by atoms with Crippen LogP contribution in [0.2, 0.25) is 0 Å². The molecule has 0 aromatic rings. The zero-order chi connectivity index (χ0) is 17.3. The predicted octanol–water partition coefficient (Wildman–Crippen LogP) is 3.82. The quantitative estimate of drug-likeness (QED) is 0.758. The van der Waals surface area contributed by atoms with Crippen molar-refractivity contribution in [3.63, 3.8) is 0 Å². The van der Waals surface area contributed by atoms with E-state index < -0.39 is 11.2 Å². The first-order chi connectivity index (χ1) is 12.2. The smallest absolute Gasteiger partial charge is 0.325 e. The summed E-state index contributed by atoms with van der Waals surface area (Å²) in [6.07, 6.45) is 16.2. The predicted molar refractivity (Wildman–Crippen MR) is 97.0 cm³/mol. The Morgan fingerprint density at radius 1 is 0.880 bits per heavy atom. The fraction of sp³-hybridized carbons (Fsp3) is 0.900. The molecular formula is C20H33N3O2. The van der Waals surface area contributed by atoms with E-state index >= 15 is 0 Å². The Balaban J connectivity index is 1.57. The standard InChI is InChI=1S/C20H33N3O2/c24-17-19(12-6-2-7-13-19)22-20(14-8-3-9-15-20)23(17)18(25)21-16-10-4-1-5-11-16/h16,22H,1-15H2,(H,21,25). The molecule has 0 unspecified atom stereocenters. The lowest BCUT2D eigenvalue weighted by Crippen LogP contribution is -2.60. The summed E-state index contributed by atoms with van der Waals surface area (Å²) >= 11 is 0. The van der Waals surface area contributed by atoms with Crippen molar-refractivity contribution in [3.05, 3.63) is 0 Å². The van der Waals surface area contributed by atoms with Gasteiger partial charge in [0, 0.05) is 6.04 Å². The first-order valence-electron chi connectivity index (χ1n) is 10.6. The number of nitrogens with one attached hydrogen (secondary N) is 2. The number of imide groups is 1. The van der Waals surface area contributed by atoms with Crippen LogP contribution in [0.25, 0.3) is 0 Å². The average Bonchev–Trinajstić information content (AvgIpc) is 2.84. The average molecular weight is 348 g/mol. The van der Waals surface area contributed by atoms with Crippen LogP contribution in [0.15, 0.2) is 0 Å². The van der Waals surface area contributed by atoms with Crippen molar-refractivity contribution >= 4 is 11.9 Å². The fourth-order valence-corrected chi connectivity index (χ4v) is 5.72. The van der Waals surface area contributed by atoms with Gasteiger partial charge in [-0.1, -0.05) is 44.9 Å². The number of carbonyl (C=O) groups is 2. The van der Waals surface area contributed by atoms with Gasteiger partial charge >= 0.3 is 6.03 Å². The van der Waals surface area contributed by atoms with E-state index in [-0.39, 0.29) is 18.0 Å². The van der Waals surface area contributed by atoms with Gasteiger partial charge in [0.15, 0.2) is 0 Å². The van der Waals surface area contributed by atoms with Crippen molar-refractivity contribution in [2.24, 2.45) is 0 Å². The third kappa shape index (κ3) is 3.09. The van der Waals surface area contributed by atoms with E-state index in [0.29, 0.717) is 0 Å². The number of nitrogens with zero attached hydrogens (tertiary/aromatic N) is 1. The molecule has 4 aliphatic rings. The van der Waals surface area contributed by atoms with Crippen molar-refractivity contribution < 1.29 is 9.59 Å². The van der Waals surface area contributed by atoms with Gasteiger partial charge in [0.05, 0.1) is 0 Å². The number of hydrogen-bond donors (Lipinski definition) is 2. The van der Waals surface area contributed by atoms with Crippen LogP contribution in [-0.2, 0) is 4.79 Å². The van der Waals surface area contributed by atoms with Crippen LogP contribution < -0.4 is 10.6 Å². The lowest BCUT2D eigenvalue weighted by atomic mass is 9.81. The molecule has 140 valence electrons. The lowest BCUT2D eigenvalue weighted by Gasteiger charge is -2.41. The Hall–Kier alpha value is -1.10. The lowest BCUT2D eigenvalue weighted by molar-refractivity contribution is -0.133. The van der Waals surface area contributed by atoms with Gasteiger partial charge in [0.1, 0.15) is 11.2 Å². The van der Waals surface area contributed by atoms with Crippen molar-refractivity contribution in [1.29, 1.82) is 0 Å². The topological polar surface area (TPSA) is 61.4 Å². The van der Waals surface area contributed by atoms with Crippen LogP contribution in [0.4, 0.5) is 4.79 Å². The van der Waals surface area contributed by atoms with E-state index in [2.05, 4.69) is 10.6 Å². The van der Waals surface area contributed by atoms with Crippen LogP contribution in [0.5, 0.6) is 0 Å². The van der Waals surface area contributed by atoms with Crippen LogP contribution in [0.3, 0.4) is 0 Å². The van der Waals surface area contributed by atoms with E-state index in [1.165, 1.54) is 32.1 Å². The number of amides is 3. The molecule has 0 radical (unpaired) electrons. The maximum Gasteiger partial charge on any atom is 0.325 e. The maximum atomic E-state index is 13.4. The van der Waals surface area contributed by atoms with Crippen LogP contribution in [0.1, 0.15) is 96.3 Å². The van der Waals surface area contributed by atoms with Gasteiger partial charge in [-0.3, -0.25) is 10.1 Å². The second-order valence-corrected chi connectivity index (χ2v) is 8.78. The molecule has 25 heavy (non-hydrogen) atoms. The molecule has 3 amide bonds. The summed E-state index contributed by atoms with van der Waals surface area (Å²) in [6, 6.07) is 0.117. The van der Waals surface area contributed by atoms with E-state index in [4.69, 9.17) is 0 Å². The second kappa shape index (κ2) is 6.90. The molecule has 4 rings (SSSR count). The highest BCUT2D eigenvalue weighted by Crippen LogP contribution is 2.44. The summed E-state index contributed by atoms with van der Waals surface area (Å²) in [5, 5.41) is 6.97. The van der Waals surface area contributed by atoms with Crippen LogP contribution in [-0.4, -0.2) is 34.1 Å². The van der Waals surface area contributed by atoms with Gasteiger partial charge < -0.3 is 5.32 Å². The molecule has 5 nitrogen and oxygen atoms in total. The normalized spacial score (nSPS) is 29.3. The second-order valence-electron chi connectivity index (χ2n) is 8.78. The molecule has 3 saturated carbocycles. The van der Waals surface area contributed by atoms with Crippen molar-refractivity contribution in [2.75, 3.05) is 0 Å². The van der Waals surface area contributed by atoms with Crippen molar-refractivity contribution in [1.82, 2.24) is 15.5 Å². The minimum Gasteiger partial charge on any atom is -0.335 e. The van der Waals surface area contributed by atoms with Gasteiger partial charge in [-0.25, -0.2) is 9.69 Å². The molecule has 3 aliphatic carbocycles. The Morgan fingerprint density at radius 3 is 2.08 bits per heavy atom. The molecule has 2 spiro atoms. The van der Waals surface area contributed by atoms with E-state index in [0.717, 1.165) is 64.2 Å². The van der Waals surface area contributed by atoms with Crippen LogP contribution >= 0.6 is 0 Å². The molecular weight excluding hydrogens is 314 g/mol. The Bertz CT molecular complexity index is 515. The van der Waals surface area contributed by atoms with Crippen molar-refractivity contribution in [3.8, 4) is 0 Å². The number of urea groups is 1. The zero-order valence-electron chi connectivity index (χ0n) is 15.4. The molecule has 4 fully saturated rings. The molecule has 1 aliphatic heterocycles. The highest BCUT2D eigenvalue weighted by molar-refractivity contribution is 6.02. The third-order valence-corrected chi connectivity index (χ3v) is 7.04. The third-order valence-electron chi connectivity index (χ3n) is 7.04. The van der Waals surface area contributed by atoms with E-state index in [9.17, 15) is 9.59 Å². The van der Waals surface area contributed by atoms with E-state index in [1.54, 1.807) is 4.90 Å². The number of rotatable bonds is 1. The summed E-state index contributed by atoms with van der Waals surface area (Å²) in [6.45, 7) is 0. The Kier molecular flexibility index (Phi) is 4.78. The van der Waals surface area contributed by atoms with Gasteiger partial charge in [-0.05, 0) is 51.4 Å². The monoisotopic (exact) mass is 347 g/mol. The first kappa shape index (κ1) is 17.3. The van der Waals surface area contributed by atoms with Crippen LogP contribution in [0, 0.1) is 0 Å². The summed E-state index contributed by atoms with van der Waals surface area (Å²) in [5.74, 6) is 0.0578. The SMILES string of the molecule is O=C(NC1CCCCC1)N1C(=O)C2(CCCCC2)NC12CCCCC2. The van der Waals surface area contributed by atoms with E-state index in [1.807, 2.05) is 0 Å². The van der Waals surface area contributed by atoms with Gasteiger partial charge in [0.25, 0.3) is 5.91 Å². The molecule has 1 saturated heterocycles. The molecule has 0 atom stereocenters. The minimum atomic E-state index is -0.473. The summed E-state index contributed by atoms with van der Waals surface area (Å²) in [4.78, 5) is 28.3. The molecule has 0 aromatic carbocycles. The fourth-order valence-electron chi connectivity index (χ4n) is 5.72. The largest absolute Gasteiger partial charge is 0.335 e. The maximum absolute atomic E-state index is 13.4. The van der Waals surface area contributed by atoms with Gasteiger partial charge in [0.2, 0.25) is 0 Å². The summed E-state index contributed by atoms with van der Waals surface area (Å²) < 4.78 is 0. The molecule has 1 heterocycles. The minimum absolute atomic E-state index is 0.0578. The highest BCUT2D eigenvalue weighted by atomic mass is 16.2. The first-order valence-corrected chi connectivity index (χ1v) is 10.6. The number of carbonyl (C=O) groups excluding carboxylic acids is 2. The molecule has 2 N–H and O–H groups in total. The van der Waals surface area contributed by atoms with Gasteiger partial charge in [-0.15, -0.1) is 0 Å². The van der Waals surface area contributed by atoms with Gasteiger partial charge in [-0.2, -0.15) is 0 Å².